The van der Waals surface area contributed by atoms with E-state index in [0.29, 0.717) is 24.0 Å². The average molecular weight is 307 g/mol. The highest BCUT2D eigenvalue weighted by atomic mass is 35.5. The van der Waals surface area contributed by atoms with Gasteiger partial charge in [-0.2, -0.15) is 0 Å². The molecular formula is C16H15ClO4. The molecule has 1 saturated heterocycles. The van der Waals surface area contributed by atoms with Crippen molar-refractivity contribution in [3.8, 4) is 11.5 Å². The van der Waals surface area contributed by atoms with Crippen LogP contribution in [0.4, 0.5) is 0 Å². The third-order valence-corrected chi connectivity index (χ3v) is 3.25. The zero-order valence-electron chi connectivity index (χ0n) is 11.3. The third-order valence-electron chi connectivity index (χ3n) is 2.90. The molecule has 1 fully saturated rings. The van der Waals surface area contributed by atoms with Gasteiger partial charge in [0.15, 0.2) is 0 Å². The van der Waals surface area contributed by atoms with E-state index < -0.39 is 6.16 Å². The Kier molecular flexibility index (Phi) is 4.29. The number of alkyl halides is 1. The summed E-state index contributed by atoms with van der Waals surface area (Å²) in [6, 6.07) is 18.4. The highest BCUT2D eigenvalue weighted by molar-refractivity contribution is 6.18. The lowest BCUT2D eigenvalue weighted by Crippen LogP contribution is -2.44. The molecule has 110 valence electrons. The number of halogens is 1. The van der Waals surface area contributed by atoms with Gasteiger partial charge < -0.3 is 9.47 Å². The zero-order valence-corrected chi connectivity index (χ0v) is 12.0. The van der Waals surface area contributed by atoms with Crippen molar-refractivity contribution in [3.63, 3.8) is 0 Å². The second-order valence-corrected chi connectivity index (χ2v) is 4.84. The summed E-state index contributed by atoms with van der Waals surface area (Å²) in [6.45, 7) is 0.309. The summed E-state index contributed by atoms with van der Waals surface area (Å²) in [7, 11) is 0. The predicted octanol–water partition coefficient (Wildman–Crippen LogP) is 3.41. The Hall–Kier alpha value is -1.75. The number of para-hydroxylation sites is 2. The molecule has 0 aromatic heterocycles. The van der Waals surface area contributed by atoms with Gasteiger partial charge in [0.25, 0.3) is 0 Å². The van der Waals surface area contributed by atoms with E-state index in [0.717, 1.165) is 0 Å². The molecule has 4 nitrogen and oxygen atoms in total. The van der Waals surface area contributed by atoms with E-state index in [1.165, 1.54) is 0 Å². The molecule has 1 aliphatic rings. The van der Waals surface area contributed by atoms with E-state index >= 15 is 0 Å². The smallest absolute Gasteiger partial charge is 0.407 e. The van der Waals surface area contributed by atoms with Gasteiger partial charge in [-0.3, -0.25) is 9.47 Å². The van der Waals surface area contributed by atoms with Gasteiger partial charge in [0.1, 0.15) is 17.6 Å². The van der Waals surface area contributed by atoms with Crippen molar-refractivity contribution in [2.45, 2.75) is 12.3 Å². The fraction of sp³-hybridized carbons (Fsp3) is 0.250. The van der Waals surface area contributed by atoms with Gasteiger partial charge in [-0.25, -0.2) is 0 Å². The van der Waals surface area contributed by atoms with Crippen molar-refractivity contribution in [2.75, 3.05) is 12.5 Å². The number of ether oxygens (including phenoxy) is 4. The monoisotopic (exact) mass is 306 g/mol. The van der Waals surface area contributed by atoms with Crippen LogP contribution in [0.5, 0.6) is 11.5 Å². The summed E-state index contributed by atoms with van der Waals surface area (Å²) in [5.41, 5.74) is 0. The minimum absolute atomic E-state index is 0.279. The fourth-order valence-corrected chi connectivity index (χ4v) is 2.09. The summed E-state index contributed by atoms with van der Waals surface area (Å²) in [4.78, 5) is 0. The number of rotatable bonds is 5. The minimum atomic E-state index is -1.61. The topological polar surface area (TPSA) is 36.9 Å². The van der Waals surface area contributed by atoms with Gasteiger partial charge in [-0.1, -0.05) is 36.4 Å². The Balaban J connectivity index is 1.82. The Morgan fingerprint density at radius 3 is 1.90 bits per heavy atom. The molecular weight excluding hydrogens is 292 g/mol. The summed E-state index contributed by atoms with van der Waals surface area (Å²) in [6.07, 6.45) is -1.89. The number of hydrogen-bond donors (Lipinski definition) is 0. The largest absolute Gasteiger partial charge is 0.510 e. The first-order chi connectivity index (χ1) is 10.3. The normalized spacial score (nSPS) is 20.1. The van der Waals surface area contributed by atoms with Crippen molar-refractivity contribution >= 4 is 11.6 Å². The molecule has 2 aromatic carbocycles. The molecule has 0 saturated carbocycles. The van der Waals surface area contributed by atoms with Crippen LogP contribution in [-0.4, -0.2) is 24.8 Å². The Morgan fingerprint density at radius 2 is 1.48 bits per heavy atom. The van der Waals surface area contributed by atoms with Crippen molar-refractivity contribution in [2.24, 2.45) is 0 Å². The van der Waals surface area contributed by atoms with Crippen molar-refractivity contribution in [3.05, 3.63) is 60.7 Å². The predicted molar refractivity (Wildman–Crippen MR) is 78.4 cm³/mol. The van der Waals surface area contributed by atoms with Crippen LogP contribution in [0.1, 0.15) is 0 Å². The third kappa shape index (κ3) is 3.47. The van der Waals surface area contributed by atoms with E-state index in [1.54, 1.807) is 24.3 Å². The molecule has 21 heavy (non-hydrogen) atoms. The van der Waals surface area contributed by atoms with Crippen molar-refractivity contribution in [1.82, 2.24) is 0 Å². The lowest BCUT2D eigenvalue weighted by molar-refractivity contribution is -0.399. The average Bonchev–Trinajstić information content (AvgIpc) is 2.92. The molecule has 1 heterocycles. The Morgan fingerprint density at radius 1 is 0.952 bits per heavy atom. The molecule has 1 unspecified atom stereocenters. The van der Waals surface area contributed by atoms with Gasteiger partial charge in [0.2, 0.25) is 0 Å². The van der Waals surface area contributed by atoms with Crippen LogP contribution in [0.2, 0.25) is 0 Å². The van der Waals surface area contributed by atoms with E-state index in [1.807, 2.05) is 36.4 Å². The van der Waals surface area contributed by atoms with Gasteiger partial charge in [0, 0.05) is 0 Å². The lowest BCUT2D eigenvalue weighted by Gasteiger charge is -2.27. The van der Waals surface area contributed by atoms with Gasteiger partial charge in [-0.05, 0) is 24.3 Å². The molecule has 3 rings (SSSR count). The molecule has 0 bridgehead atoms. The first-order valence-electron chi connectivity index (χ1n) is 6.65. The first kappa shape index (κ1) is 14.2. The number of hydrogen-bond acceptors (Lipinski definition) is 4. The van der Waals surface area contributed by atoms with Crippen LogP contribution < -0.4 is 9.47 Å². The summed E-state index contributed by atoms with van der Waals surface area (Å²) < 4.78 is 22.9. The second-order valence-electron chi connectivity index (χ2n) is 4.54. The van der Waals surface area contributed by atoms with Crippen LogP contribution >= 0.6 is 11.6 Å². The first-order valence-corrected chi connectivity index (χ1v) is 7.19. The molecule has 0 aliphatic carbocycles. The zero-order chi connectivity index (χ0) is 14.5. The molecule has 2 aromatic rings. The molecule has 0 spiro atoms. The quantitative estimate of drug-likeness (QED) is 0.626. The van der Waals surface area contributed by atoms with Crippen LogP contribution in [0.3, 0.4) is 0 Å². The summed E-state index contributed by atoms with van der Waals surface area (Å²) in [5, 5.41) is 0. The molecule has 1 aliphatic heterocycles. The maximum Gasteiger partial charge on any atom is 0.510 e. The lowest BCUT2D eigenvalue weighted by atomic mass is 10.3. The van der Waals surface area contributed by atoms with Crippen LogP contribution in [0, 0.1) is 0 Å². The van der Waals surface area contributed by atoms with Gasteiger partial charge in [0.05, 0.1) is 12.5 Å². The van der Waals surface area contributed by atoms with Crippen molar-refractivity contribution in [1.29, 1.82) is 0 Å². The maximum absolute atomic E-state index is 5.82. The standard InChI is InChI=1S/C16H15ClO4/c17-11-15-12-18-16(21-15,19-13-7-3-1-4-8-13)20-14-9-5-2-6-10-14/h1-10,15H,11-12H2. The highest BCUT2D eigenvalue weighted by Gasteiger charge is 2.48. The van der Waals surface area contributed by atoms with E-state index in [2.05, 4.69) is 0 Å². The number of benzene rings is 2. The molecule has 0 amide bonds. The van der Waals surface area contributed by atoms with Crippen LogP contribution in [0.15, 0.2) is 60.7 Å². The summed E-state index contributed by atoms with van der Waals surface area (Å²) in [5.74, 6) is 1.48. The van der Waals surface area contributed by atoms with Gasteiger partial charge >= 0.3 is 6.16 Å². The SMILES string of the molecule is ClCC1COC(Oc2ccccc2)(Oc2ccccc2)O1. The Labute approximate surface area is 128 Å². The minimum Gasteiger partial charge on any atom is -0.407 e. The van der Waals surface area contributed by atoms with Gasteiger partial charge in [-0.15, -0.1) is 11.6 Å². The second kappa shape index (κ2) is 6.35. The van der Waals surface area contributed by atoms with Crippen molar-refractivity contribution < 1.29 is 18.9 Å². The molecule has 5 heteroatoms. The van der Waals surface area contributed by atoms with E-state index in [4.69, 9.17) is 30.5 Å². The molecule has 0 N–H and O–H groups in total. The fourth-order valence-electron chi connectivity index (χ4n) is 1.94. The van der Waals surface area contributed by atoms with E-state index in [9.17, 15) is 0 Å². The Bertz CT molecular complexity index is 520. The maximum atomic E-state index is 5.82. The highest BCUT2D eigenvalue weighted by Crippen LogP contribution is 2.31. The van der Waals surface area contributed by atoms with E-state index in [-0.39, 0.29) is 6.10 Å². The van der Waals surface area contributed by atoms with Crippen LogP contribution in [-0.2, 0) is 9.47 Å². The molecule has 0 radical (unpaired) electrons. The summed E-state index contributed by atoms with van der Waals surface area (Å²) >= 11 is 5.82. The molecule has 1 atom stereocenters. The van der Waals surface area contributed by atoms with Crippen LogP contribution in [0.25, 0.3) is 0 Å².